The number of rotatable bonds is 2. The minimum absolute atomic E-state index is 0.134. The molecule has 1 aliphatic rings. The van der Waals surface area contributed by atoms with Crippen LogP contribution < -0.4 is 5.73 Å². The van der Waals surface area contributed by atoms with Gasteiger partial charge in [-0.2, -0.15) is 0 Å². The van der Waals surface area contributed by atoms with Gasteiger partial charge in [0, 0.05) is 42.8 Å². The van der Waals surface area contributed by atoms with Crippen molar-refractivity contribution in [2.45, 2.75) is 25.8 Å². The maximum Gasteiger partial charge on any atom is 0.219 e. The van der Waals surface area contributed by atoms with Crippen molar-refractivity contribution in [3.63, 3.8) is 0 Å². The number of hydrogen-bond donors (Lipinski definition) is 1. The lowest BCUT2D eigenvalue weighted by atomic mass is 10.0. The van der Waals surface area contributed by atoms with Crippen LogP contribution in [0.15, 0.2) is 36.8 Å². The lowest BCUT2D eigenvalue weighted by Crippen LogP contribution is -2.37. The number of carbonyl (C=O) groups excluding carboxylic acids is 1. The summed E-state index contributed by atoms with van der Waals surface area (Å²) in [6.45, 7) is 3.14. The molecular weight excluding hydrogens is 350 g/mol. The smallest absolute Gasteiger partial charge is 0.219 e. The van der Waals surface area contributed by atoms with Crippen molar-refractivity contribution < 1.29 is 4.79 Å². The summed E-state index contributed by atoms with van der Waals surface area (Å²) < 4.78 is 2.19. The quantitative estimate of drug-likeness (QED) is 0.749. The van der Waals surface area contributed by atoms with E-state index in [1.54, 1.807) is 6.92 Å². The number of benzene rings is 1. The highest BCUT2D eigenvalue weighted by molar-refractivity contribution is 6.30. The van der Waals surface area contributed by atoms with Gasteiger partial charge in [0.05, 0.1) is 5.39 Å². The number of nitrogen functional groups attached to an aromatic ring is 1. The third-order valence-corrected chi connectivity index (χ3v) is 5.35. The molecule has 1 fully saturated rings. The average Bonchev–Trinajstić information content (AvgIpc) is 3.03. The van der Waals surface area contributed by atoms with Crippen LogP contribution in [0.1, 0.15) is 25.8 Å². The molecular formula is C19H20ClN5O. The highest BCUT2D eigenvalue weighted by Crippen LogP contribution is 2.36. The highest BCUT2D eigenvalue weighted by atomic mass is 35.5. The summed E-state index contributed by atoms with van der Waals surface area (Å²) >= 11 is 6.03. The minimum Gasteiger partial charge on any atom is -0.383 e. The van der Waals surface area contributed by atoms with Crippen molar-refractivity contribution in [3.05, 3.63) is 41.8 Å². The van der Waals surface area contributed by atoms with E-state index in [0.717, 1.165) is 48.1 Å². The van der Waals surface area contributed by atoms with E-state index < -0.39 is 0 Å². The zero-order valence-corrected chi connectivity index (χ0v) is 15.3. The van der Waals surface area contributed by atoms with Gasteiger partial charge >= 0.3 is 0 Å². The van der Waals surface area contributed by atoms with Crippen molar-refractivity contribution in [2.24, 2.45) is 0 Å². The first-order chi connectivity index (χ1) is 12.5. The fraction of sp³-hybridized carbons (Fsp3) is 0.316. The fourth-order valence-corrected chi connectivity index (χ4v) is 3.82. The first-order valence-electron chi connectivity index (χ1n) is 8.67. The Balaban J connectivity index is 1.78. The molecule has 3 aromatic rings. The third kappa shape index (κ3) is 2.90. The largest absolute Gasteiger partial charge is 0.383 e. The topological polar surface area (TPSA) is 77.0 Å². The zero-order valence-electron chi connectivity index (χ0n) is 14.5. The Morgan fingerprint density at radius 1 is 1.19 bits per heavy atom. The van der Waals surface area contributed by atoms with Gasteiger partial charge in [-0.1, -0.05) is 23.7 Å². The molecule has 3 heterocycles. The van der Waals surface area contributed by atoms with E-state index in [1.807, 2.05) is 29.2 Å². The molecule has 7 heteroatoms. The van der Waals surface area contributed by atoms with Crippen LogP contribution in [0.2, 0.25) is 5.02 Å². The maximum absolute atomic E-state index is 11.6. The Kier molecular flexibility index (Phi) is 4.28. The number of hydrogen-bond acceptors (Lipinski definition) is 4. The second kappa shape index (κ2) is 6.61. The molecule has 134 valence electrons. The van der Waals surface area contributed by atoms with Gasteiger partial charge < -0.3 is 15.2 Å². The number of nitrogens with zero attached hydrogens (tertiary/aromatic N) is 4. The first kappa shape index (κ1) is 16.8. The Morgan fingerprint density at radius 2 is 1.88 bits per heavy atom. The maximum atomic E-state index is 11.6. The third-order valence-electron chi connectivity index (χ3n) is 5.10. The molecule has 0 bridgehead atoms. The number of amides is 1. The van der Waals surface area contributed by atoms with E-state index >= 15 is 0 Å². The SMILES string of the molecule is CC(=O)N1CCC(n2cc(-c3ccc(Cl)cc3)c3c(N)ncnc32)CC1. The van der Waals surface area contributed by atoms with Crippen LogP contribution in [0.4, 0.5) is 5.82 Å². The summed E-state index contributed by atoms with van der Waals surface area (Å²) in [7, 11) is 0. The molecule has 1 aliphatic heterocycles. The summed E-state index contributed by atoms with van der Waals surface area (Å²) in [5.41, 5.74) is 9.05. The highest BCUT2D eigenvalue weighted by Gasteiger charge is 2.25. The molecule has 0 saturated carbocycles. The summed E-state index contributed by atoms with van der Waals surface area (Å²) in [6, 6.07) is 7.97. The molecule has 0 unspecified atom stereocenters. The Hall–Kier alpha value is -2.60. The number of nitrogens with two attached hydrogens (primary N) is 1. The summed E-state index contributed by atoms with van der Waals surface area (Å²) in [5.74, 6) is 0.606. The van der Waals surface area contributed by atoms with Gasteiger partial charge in [0.25, 0.3) is 0 Å². The Morgan fingerprint density at radius 3 is 2.54 bits per heavy atom. The molecule has 0 spiro atoms. The van der Waals surface area contributed by atoms with Gasteiger partial charge in [0.1, 0.15) is 17.8 Å². The van der Waals surface area contributed by atoms with Gasteiger partial charge in [0.2, 0.25) is 5.91 Å². The second-order valence-electron chi connectivity index (χ2n) is 6.65. The Bertz CT molecular complexity index is 958. The minimum atomic E-state index is 0.134. The molecule has 0 aliphatic carbocycles. The number of piperidine rings is 1. The van der Waals surface area contributed by atoms with E-state index in [0.29, 0.717) is 10.8 Å². The summed E-state index contributed by atoms with van der Waals surface area (Å²) in [6.07, 6.45) is 5.40. The van der Waals surface area contributed by atoms with Gasteiger partial charge in [-0.05, 0) is 30.5 Å². The van der Waals surface area contributed by atoms with Crippen molar-refractivity contribution in [1.82, 2.24) is 19.4 Å². The van der Waals surface area contributed by atoms with Gasteiger partial charge in [-0.25, -0.2) is 9.97 Å². The van der Waals surface area contributed by atoms with Crippen molar-refractivity contribution >= 4 is 34.4 Å². The Labute approximate surface area is 156 Å². The number of halogens is 1. The standard InChI is InChI=1S/C19H20ClN5O/c1-12(26)24-8-6-15(7-9-24)25-10-16(13-2-4-14(20)5-3-13)17-18(21)22-11-23-19(17)25/h2-5,10-11,15H,6-9H2,1H3,(H2,21,22,23). The van der Waals surface area contributed by atoms with E-state index in [1.165, 1.54) is 6.33 Å². The van der Waals surface area contributed by atoms with Crippen molar-refractivity contribution in [3.8, 4) is 11.1 Å². The number of fused-ring (bicyclic) bond motifs is 1. The molecule has 0 atom stereocenters. The predicted molar refractivity (Wildman–Crippen MR) is 103 cm³/mol. The average molecular weight is 370 g/mol. The monoisotopic (exact) mass is 369 g/mol. The zero-order chi connectivity index (χ0) is 18.3. The van der Waals surface area contributed by atoms with Crippen molar-refractivity contribution in [2.75, 3.05) is 18.8 Å². The predicted octanol–water partition coefficient (Wildman–Crippen LogP) is 3.52. The fourth-order valence-electron chi connectivity index (χ4n) is 3.69. The molecule has 26 heavy (non-hydrogen) atoms. The number of anilines is 1. The number of aromatic nitrogens is 3. The molecule has 0 radical (unpaired) electrons. The van der Waals surface area contributed by atoms with Crippen LogP contribution in [0.5, 0.6) is 0 Å². The molecule has 1 aromatic carbocycles. The van der Waals surface area contributed by atoms with Gasteiger partial charge in [-0.15, -0.1) is 0 Å². The lowest BCUT2D eigenvalue weighted by Gasteiger charge is -2.32. The van der Waals surface area contributed by atoms with Gasteiger partial charge in [-0.3, -0.25) is 4.79 Å². The van der Waals surface area contributed by atoms with Crippen LogP contribution in [-0.2, 0) is 4.79 Å². The second-order valence-corrected chi connectivity index (χ2v) is 7.09. The summed E-state index contributed by atoms with van der Waals surface area (Å²) in [5, 5.41) is 1.56. The van der Waals surface area contributed by atoms with E-state index in [4.69, 9.17) is 17.3 Å². The lowest BCUT2D eigenvalue weighted by molar-refractivity contribution is -0.130. The van der Waals surface area contributed by atoms with Crippen LogP contribution in [0.3, 0.4) is 0 Å². The molecule has 2 N–H and O–H groups in total. The van der Waals surface area contributed by atoms with Crippen LogP contribution >= 0.6 is 11.6 Å². The van der Waals surface area contributed by atoms with Crippen LogP contribution in [0, 0.1) is 0 Å². The molecule has 2 aromatic heterocycles. The van der Waals surface area contributed by atoms with E-state index in [-0.39, 0.29) is 11.9 Å². The van der Waals surface area contributed by atoms with Crippen molar-refractivity contribution in [1.29, 1.82) is 0 Å². The number of likely N-dealkylation sites (tertiary alicyclic amines) is 1. The van der Waals surface area contributed by atoms with E-state index in [9.17, 15) is 4.79 Å². The number of carbonyl (C=O) groups is 1. The molecule has 1 saturated heterocycles. The molecule has 4 rings (SSSR count). The van der Waals surface area contributed by atoms with Crippen LogP contribution in [-0.4, -0.2) is 38.4 Å². The van der Waals surface area contributed by atoms with E-state index in [2.05, 4.69) is 20.7 Å². The molecule has 1 amide bonds. The summed E-state index contributed by atoms with van der Waals surface area (Å²) in [4.78, 5) is 22.2. The first-order valence-corrected chi connectivity index (χ1v) is 9.05. The van der Waals surface area contributed by atoms with Gasteiger partial charge in [0.15, 0.2) is 0 Å². The molecule has 6 nitrogen and oxygen atoms in total. The van der Waals surface area contributed by atoms with Crippen LogP contribution in [0.25, 0.3) is 22.2 Å². The normalized spacial score (nSPS) is 15.5.